The van der Waals surface area contributed by atoms with E-state index in [0.717, 1.165) is 25.2 Å². The van der Waals surface area contributed by atoms with Crippen molar-refractivity contribution in [2.75, 3.05) is 38.3 Å². The maximum absolute atomic E-state index is 13.4. The van der Waals surface area contributed by atoms with Crippen molar-refractivity contribution in [2.45, 2.75) is 19.3 Å². The average Bonchev–Trinajstić information content (AvgIpc) is 3.34. The highest BCUT2D eigenvalue weighted by atomic mass is 19.1. The SMILES string of the molecule is O=C(NCCN1CCCCC1)c1cnc(-c2ccc3c(c2)OCO3)nc1Nc1ccc(F)cc1. The average molecular weight is 464 g/mol. The van der Waals surface area contributed by atoms with Crippen LogP contribution in [0.1, 0.15) is 29.6 Å². The summed E-state index contributed by atoms with van der Waals surface area (Å²) in [6.45, 7) is 3.66. The van der Waals surface area contributed by atoms with Crippen LogP contribution in [-0.2, 0) is 0 Å². The Hall–Kier alpha value is -3.72. The first-order valence-corrected chi connectivity index (χ1v) is 11.5. The van der Waals surface area contributed by atoms with E-state index in [2.05, 4.69) is 25.5 Å². The van der Waals surface area contributed by atoms with Crippen LogP contribution in [0.25, 0.3) is 11.4 Å². The number of halogens is 1. The van der Waals surface area contributed by atoms with E-state index < -0.39 is 0 Å². The van der Waals surface area contributed by atoms with Gasteiger partial charge in [0.2, 0.25) is 6.79 Å². The number of nitrogens with one attached hydrogen (secondary N) is 2. The molecule has 176 valence electrons. The summed E-state index contributed by atoms with van der Waals surface area (Å²) in [5.41, 5.74) is 1.65. The number of likely N-dealkylation sites (tertiary alicyclic amines) is 1. The number of rotatable bonds is 7. The maximum atomic E-state index is 13.4. The molecule has 3 heterocycles. The van der Waals surface area contributed by atoms with Gasteiger partial charge in [0.1, 0.15) is 17.2 Å². The summed E-state index contributed by atoms with van der Waals surface area (Å²) in [6.07, 6.45) is 5.19. The fourth-order valence-electron chi connectivity index (χ4n) is 4.09. The van der Waals surface area contributed by atoms with E-state index in [4.69, 9.17) is 9.47 Å². The molecule has 3 aromatic rings. The fraction of sp³-hybridized carbons (Fsp3) is 0.320. The quantitative estimate of drug-likeness (QED) is 0.548. The molecule has 0 radical (unpaired) electrons. The van der Waals surface area contributed by atoms with Gasteiger partial charge in [-0.15, -0.1) is 0 Å². The van der Waals surface area contributed by atoms with Crippen molar-refractivity contribution >= 4 is 17.4 Å². The summed E-state index contributed by atoms with van der Waals surface area (Å²) >= 11 is 0. The van der Waals surface area contributed by atoms with Gasteiger partial charge in [0.25, 0.3) is 5.91 Å². The predicted molar refractivity (Wildman–Crippen MR) is 126 cm³/mol. The monoisotopic (exact) mass is 463 g/mol. The Morgan fingerprint density at radius 2 is 1.82 bits per heavy atom. The minimum Gasteiger partial charge on any atom is -0.454 e. The molecule has 1 fully saturated rings. The normalized spacial score (nSPS) is 15.2. The van der Waals surface area contributed by atoms with Crippen LogP contribution >= 0.6 is 0 Å². The second-order valence-electron chi connectivity index (χ2n) is 8.31. The van der Waals surface area contributed by atoms with Crippen LogP contribution in [0.15, 0.2) is 48.7 Å². The molecule has 0 aliphatic carbocycles. The van der Waals surface area contributed by atoms with Gasteiger partial charge in [-0.1, -0.05) is 6.42 Å². The topological polar surface area (TPSA) is 88.6 Å². The van der Waals surface area contributed by atoms with Crippen LogP contribution < -0.4 is 20.1 Å². The molecular formula is C25H26FN5O3. The molecule has 2 aliphatic rings. The standard InChI is InChI=1S/C25H26FN5O3/c26-18-5-7-19(8-6-18)29-24-20(25(32)27-10-13-31-11-2-1-3-12-31)15-28-23(30-24)17-4-9-21-22(14-17)34-16-33-21/h4-9,14-15H,1-3,10-13,16H2,(H,27,32)(H,28,29,30). The second-order valence-corrected chi connectivity index (χ2v) is 8.31. The van der Waals surface area contributed by atoms with Crippen molar-refractivity contribution < 1.29 is 18.7 Å². The van der Waals surface area contributed by atoms with E-state index in [1.165, 1.54) is 37.6 Å². The molecule has 0 spiro atoms. The molecule has 0 bridgehead atoms. The van der Waals surface area contributed by atoms with E-state index in [9.17, 15) is 9.18 Å². The van der Waals surface area contributed by atoms with Crippen LogP contribution in [0.2, 0.25) is 0 Å². The van der Waals surface area contributed by atoms with E-state index in [0.29, 0.717) is 40.9 Å². The highest BCUT2D eigenvalue weighted by molar-refractivity contribution is 5.99. The molecule has 0 atom stereocenters. The Labute approximate surface area is 197 Å². The lowest BCUT2D eigenvalue weighted by Gasteiger charge is -2.26. The van der Waals surface area contributed by atoms with E-state index >= 15 is 0 Å². The third kappa shape index (κ3) is 5.09. The van der Waals surface area contributed by atoms with Crippen molar-refractivity contribution in [3.05, 3.63) is 60.0 Å². The Morgan fingerprint density at radius 3 is 2.65 bits per heavy atom. The number of fused-ring (bicyclic) bond motifs is 1. The number of carbonyl (C=O) groups is 1. The van der Waals surface area contributed by atoms with E-state index in [1.807, 2.05) is 6.07 Å². The van der Waals surface area contributed by atoms with Gasteiger partial charge in [-0.25, -0.2) is 14.4 Å². The van der Waals surface area contributed by atoms with E-state index in [1.54, 1.807) is 24.3 Å². The first-order chi connectivity index (χ1) is 16.7. The Bertz CT molecular complexity index is 1170. The second kappa shape index (κ2) is 10.0. The van der Waals surface area contributed by atoms with Gasteiger partial charge in [0.15, 0.2) is 17.3 Å². The zero-order valence-corrected chi connectivity index (χ0v) is 18.7. The molecule has 5 rings (SSSR count). The summed E-state index contributed by atoms with van der Waals surface area (Å²) in [5.74, 6) is 1.44. The molecule has 8 nitrogen and oxygen atoms in total. The van der Waals surface area contributed by atoms with Crippen LogP contribution in [-0.4, -0.2) is 53.7 Å². The first kappa shape index (κ1) is 22.1. The van der Waals surface area contributed by atoms with Gasteiger partial charge in [0, 0.05) is 30.5 Å². The van der Waals surface area contributed by atoms with Crippen LogP contribution in [0.5, 0.6) is 11.5 Å². The molecule has 1 aromatic heterocycles. The number of hydrogen-bond acceptors (Lipinski definition) is 7. The van der Waals surface area contributed by atoms with Gasteiger partial charge in [-0.2, -0.15) is 0 Å². The minimum atomic E-state index is -0.343. The third-order valence-electron chi connectivity index (χ3n) is 5.93. The molecule has 2 N–H and O–H groups in total. The molecule has 1 amide bonds. The van der Waals surface area contributed by atoms with Gasteiger partial charge in [-0.3, -0.25) is 4.79 Å². The number of ether oxygens (including phenoxy) is 2. The number of benzene rings is 2. The first-order valence-electron chi connectivity index (χ1n) is 11.5. The number of hydrogen-bond donors (Lipinski definition) is 2. The zero-order valence-electron chi connectivity index (χ0n) is 18.7. The molecule has 34 heavy (non-hydrogen) atoms. The minimum absolute atomic E-state index is 0.174. The number of amides is 1. The third-order valence-corrected chi connectivity index (χ3v) is 5.93. The number of nitrogens with zero attached hydrogens (tertiary/aromatic N) is 3. The van der Waals surface area contributed by atoms with Gasteiger partial charge in [-0.05, 0) is 68.4 Å². The highest BCUT2D eigenvalue weighted by Gasteiger charge is 2.19. The molecule has 1 saturated heterocycles. The van der Waals surface area contributed by atoms with Crippen molar-refractivity contribution in [3.8, 4) is 22.9 Å². The lowest BCUT2D eigenvalue weighted by atomic mass is 10.1. The summed E-state index contributed by atoms with van der Waals surface area (Å²) in [4.78, 5) is 24.4. The molecule has 0 unspecified atom stereocenters. The van der Waals surface area contributed by atoms with Crippen LogP contribution in [0.3, 0.4) is 0 Å². The summed E-state index contributed by atoms with van der Waals surface area (Å²) in [7, 11) is 0. The maximum Gasteiger partial charge on any atom is 0.256 e. The predicted octanol–water partition coefficient (Wildman–Crippen LogP) is 3.97. The summed E-state index contributed by atoms with van der Waals surface area (Å²) in [5, 5.41) is 6.12. The lowest BCUT2D eigenvalue weighted by molar-refractivity contribution is 0.0946. The van der Waals surface area contributed by atoms with Crippen molar-refractivity contribution in [2.24, 2.45) is 0 Å². The number of aromatic nitrogens is 2. The van der Waals surface area contributed by atoms with Gasteiger partial charge < -0.3 is 25.0 Å². The number of carbonyl (C=O) groups excluding carboxylic acids is 1. The largest absolute Gasteiger partial charge is 0.454 e. The number of piperidine rings is 1. The Balaban J connectivity index is 1.37. The highest BCUT2D eigenvalue weighted by Crippen LogP contribution is 2.35. The summed E-state index contributed by atoms with van der Waals surface area (Å²) in [6, 6.07) is 11.3. The van der Waals surface area contributed by atoms with Crippen molar-refractivity contribution in [3.63, 3.8) is 0 Å². The van der Waals surface area contributed by atoms with Gasteiger partial charge in [0.05, 0.1) is 0 Å². The molecule has 0 saturated carbocycles. The smallest absolute Gasteiger partial charge is 0.256 e. The van der Waals surface area contributed by atoms with Crippen LogP contribution in [0, 0.1) is 5.82 Å². The molecular weight excluding hydrogens is 437 g/mol. The lowest BCUT2D eigenvalue weighted by Crippen LogP contribution is -2.37. The number of anilines is 2. The van der Waals surface area contributed by atoms with Crippen molar-refractivity contribution in [1.82, 2.24) is 20.2 Å². The molecule has 9 heteroatoms. The Kier molecular flexibility index (Phi) is 6.53. The van der Waals surface area contributed by atoms with Gasteiger partial charge >= 0.3 is 0 Å². The Morgan fingerprint density at radius 1 is 1.03 bits per heavy atom. The van der Waals surface area contributed by atoms with Crippen molar-refractivity contribution in [1.29, 1.82) is 0 Å². The molecule has 2 aliphatic heterocycles. The fourth-order valence-corrected chi connectivity index (χ4v) is 4.09. The molecule has 2 aromatic carbocycles. The van der Waals surface area contributed by atoms with Crippen LogP contribution in [0.4, 0.5) is 15.9 Å². The summed E-state index contributed by atoms with van der Waals surface area (Å²) < 4.78 is 24.2. The zero-order chi connectivity index (χ0) is 23.3. The van der Waals surface area contributed by atoms with E-state index in [-0.39, 0.29) is 18.5 Å².